The molecule has 4 rings (SSSR count). The molecule has 4 heterocycles. The Labute approximate surface area is 148 Å². The molecule has 2 fully saturated rings. The fraction of sp³-hybridized carbons (Fsp3) is 0.556. The Kier molecular flexibility index (Phi) is 5.13. The highest BCUT2D eigenvalue weighted by molar-refractivity contribution is 5.30. The van der Waals surface area contributed by atoms with Gasteiger partial charge in [0.2, 0.25) is 5.95 Å². The topological polar surface area (TPSA) is 67.3 Å². The van der Waals surface area contributed by atoms with Gasteiger partial charge in [-0.1, -0.05) is 6.42 Å². The van der Waals surface area contributed by atoms with Crippen LogP contribution in [-0.2, 0) is 11.3 Å². The number of rotatable bonds is 4. The minimum absolute atomic E-state index is 0.357. The summed E-state index contributed by atoms with van der Waals surface area (Å²) in [5, 5.41) is 0. The highest BCUT2D eigenvalue weighted by Crippen LogP contribution is 2.30. The van der Waals surface area contributed by atoms with Gasteiger partial charge in [0, 0.05) is 43.8 Å². The van der Waals surface area contributed by atoms with E-state index in [4.69, 9.17) is 4.74 Å². The highest BCUT2D eigenvalue weighted by atomic mass is 16.5. The van der Waals surface area contributed by atoms with Crippen molar-refractivity contribution in [3.63, 3.8) is 0 Å². The van der Waals surface area contributed by atoms with Gasteiger partial charge in [-0.2, -0.15) is 0 Å². The maximum absolute atomic E-state index is 5.39. The zero-order valence-electron chi connectivity index (χ0n) is 14.4. The second-order valence-electron chi connectivity index (χ2n) is 6.61. The van der Waals surface area contributed by atoms with Gasteiger partial charge in [0.05, 0.1) is 24.9 Å². The molecule has 7 nitrogen and oxygen atoms in total. The van der Waals surface area contributed by atoms with Crippen molar-refractivity contribution in [2.45, 2.75) is 31.8 Å². The first kappa shape index (κ1) is 16.4. The van der Waals surface area contributed by atoms with Crippen LogP contribution in [0.5, 0.6) is 0 Å². The second-order valence-corrected chi connectivity index (χ2v) is 6.61. The van der Waals surface area contributed by atoms with E-state index in [0.717, 1.165) is 63.0 Å². The Hall–Kier alpha value is -2.12. The molecule has 0 radical (unpaired) electrons. The number of hydrogen-bond donors (Lipinski definition) is 0. The third-order valence-corrected chi connectivity index (χ3v) is 4.93. The standard InChI is InChI=1S/C18H24N6O/c1-2-6-24(17(3-1)16-4-5-19-14-22-16)13-15-11-20-18(21-12-15)23-7-9-25-10-8-23/h4-5,11-12,14,17H,1-3,6-10,13H2. The summed E-state index contributed by atoms with van der Waals surface area (Å²) >= 11 is 0. The average Bonchev–Trinajstić information content (AvgIpc) is 2.70. The van der Waals surface area contributed by atoms with Gasteiger partial charge < -0.3 is 9.64 Å². The number of aromatic nitrogens is 4. The lowest BCUT2D eigenvalue weighted by Gasteiger charge is -2.35. The van der Waals surface area contributed by atoms with E-state index in [1.54, 1.807) is 6.33 Å². The molecule has 0 aliphatic carbocycles. The van der Waals surface area contributed by atoms with E-state index in [2.05, 4.69) is 29.7 Å². The predicted molar refractivity (Wildman–Crippen MR) is 94.1 cm³/mol. The van der Waals surface area contributed by atoms with Crippen LogP contribution in [0.1, 0.15) is 36.6 Å². The lowest BCUT2D eigenvalue weighted by Crippen LogP contribution is -2.37. The fourth-order valence-corrected chi connectivity index (χ4v) is 3.60. The first-order valence-electron chi connectivity index (χ1n) is 9.04. The fourth-order valence-electron chi connectivity index (χ4n) is 3.60. The van der Waals surface area contributed by atoms with Gasteiger partial charge in [-0.15, -0.1) is 0 Å². The minimum Gasteiger partial charge on any atom is -0.378 e. The lowest BCUT2D eigenvalue weighted by atomic mass is 9.98. The Bertz CT molecular complexity index is 659. The molecule has 132 valence electrons. The Balaban J connectivity index is 1.44. The van der Waals surface area contributed by atoms with Crippen molar-refractivity contribution in [1.29, 1.82) is 0 Å². The van der Waals surface area contributed by atoms with Crippen molar-refractivity contribution in [1.82, 2.24) is 24.8 Å². The average molecular weight is 340 g/mol. The molecule has 1 unspecified atom stereocenters. The molecule has 0 bridgehead atoms. The monoisotopic (exact) mass is 340 g/mol. The van der Waals surface area contributed by atoms with E-state index >= 15 is 0 Å². The van der Waals surface area contributed by atoms with Crippen LogP contribution in [0.25, 0.3) is 0 Å². The summed E-state index contributed by atoms with van der Waals surface area (Å²) in [6, 6.07) is 2.39. The molecule has 0 aromatic carbocycles. The van der Waals surface area contributed by atoms with Gasteiger partial charge in [-0.25, -0.2) is 19.9 Å². The van der Waals surface area contributed by atoms with Crippen LogP contribution >= 0.6 is 0 Å². The van der Waals surface area contributed by atoms with Gasteiger partial charge >= 0.3 is 0 Å². The highest BCUT2D eigenvalue weighted by Gasteiger charge is 2.25. The molecule has 7 heteroatoms. The summed E-state index contributed by atoms with van der Waals surface area (Å²) in [4.78, 5) is 22.3. The van der Waals surface area contributed by atoms with E-state index in [0.29, 0.717) is 6.04 Å². The first-order chi connectivity index (χ1) is 12.4. The van der Waals surface area contributed by atoms with Gasteiger partial charge in [-0.3, -0.25) is 4.90 Å². The molecule has 2 aliphatic heterocycles. The minimum atomic E-state index is 0.357. The Morgan fingerprint density at radius 3 is 2.64 bits per heavy atom. The number of ether oxygens (including phenoxy) is 1. The van der Waals surface area contributed by atoms with Crippen LogP contribution in [0.2, 0.25) is 0 Å². The predicted octanol–water partition coefficient (Wildman–Crippen LogP) is 1.83. The number of anilines is 1. The van der Waals surface area contributed by atoms with E-state index in [-0.39, 0.29) is 0 Å². The molecule has 2 aromatic rings. The van der Waals surface area contributed by atoms with Crippen molar-refractivity contribution in [3.05, 3.63) is 42.2 Å². The van der Waals surface area contributed by atoms with Gasteiger partial charge in [0.1, 0.15) is 6.33 Å². The van der Waals surface area contributed by atoms with Crippen molar-refractivity contribution in [3.8, 4) is 0 Å². The molecular formula is C18H24N6O. The first-order valence-corrected chi connectivity index (χ1v) is 9.04. The van der Waals surface area contributed by atoms with Crippen LogP contribution < -0.4 is 4.90 Å². The van der Waals surface area contributed by atoms with Crippen LogP contribution in [0.15, 0.2) is 31.0 Å². The molecule has 25 heavy (non-hydrogen) atoms. The van der Waals surface area contributed by atoms with Crippen LogP contribution in [0, 0.1) is 0 Å². The van der Waals surface area contributed by atoms with Crippen LogP contribution in [0.3, 0.4) is 0 Å². The number of nitrogens with zero attached hydrogens (tertiary/aromatic N) is 6. The number of likely N-dealkylation sites (tertiary alicyclic amines) is 1. The summed E-state index contributed by atoms with van der Waals surface area (Å²) < 4.78 is 5.39. The van der Waals surface area contributed by atoms with Crippen LogP contribution in [-0.4, -0.2) is 57.7 Å². The summed E-state index contributed by atoms with van der Waals surface area (Å²) in [6.07, 6.45) is 11.0. The number of piperidine rings is 1. The SMILES string of the molecule is c1cc(C2CCCCN2Cc2cnc(N3CCOCC3)nc2)ncn1. The summed E-state index contributed by atoms with van der Waals surface area (Å²) in [5.74, 6) is 0.804. The zero-order chi connectivity index (χ0) is 16.9. The number of morpholine rings is 1. The van der Waals surface area contributed by atoms with Crippen molar-refractivity contribution < 1.29 is 4.74 Å². The smallest absolute Gasteiger partial charge is 0.225 e. The molecule has 0 saturated carbocycles. The third kappa shape index (κ3) is 3.93. The zero-order valence-corrected chi connectivity index (χ0v) is 14.4. The van der Waals surface area contributed by atoms with Gasteiger partial charge in [0.15, 0.2) is 0 Å². The normalized spacial score (nSPS) is 22.1. The quantitative estimate of drug-likeness (QED) is 0.841. The molecule has 2 saturated heterocycles. The number of hydrogen-bond acceptors (Lipinski definition) is 7. The molecule has 0 spiro atoms. The Morgan fingerprint density at radius 2 is 1.88 bits per heavy atom. The van der Waals surface area contributed by atoms with E-state index in [9.17, 15) is 0 Å². The maximum Gasteiger partial charge on any atom is 0.225 e. The Morgan fingerprint density at radius 1 is 1.04 bits per heavy atom. The molecular weight excluding hydrogens is 316 g/mol. The van der Waals surface area contributed by atoms with E-state index in [1.165, 1.54) is 12.8 Å². The molecule has 2 aliphatic rings. The van der Waals surface area contributed by atoms with Crippen molar-refractivity contribution >= 4 is 5.95 Å². The molecule has 0 amide bonds. The molecule has 0 N–H and O–H groups in total. The summed E-state index contributed by atoms with van der Waals surface area (Å²) in [7, 11) is 0. The van der Waals surface area contributed by atoms with Gasteiger partial charge in [0.25, 0.3) is 0 Å². The van der Waals surface area contributed by atoms with Crippen molar-refractivity contribution in [2.75, 3.05) is 37.7 Å². The van der Waals surface area contributed by atoms with Gasteiger partial charge in [-0.05, 0) is 25.5 Å². The summed E-state index contributed by atoms with van der Waals surface area (Å²) in [5.41, 5.74) is 2.26. The van der Waals surface area contributed by atoms with Crippen LogP contribution in [0.4, 0.5) is 5.95 Å². The van der Waals surface area contributed by atoms with E-state index < -0.39 is 0 Å². The lowest BCUT2D eigenvalue weighted by molar-refractivity contribution is 0.122. The second kappa shape index (κ2) is 7.84. The van der Waals surface area contributed by atoms with E-state index in [1.807, 2.05) is 24.7 Å². The third-order valence-electron chi connectivity index (χ3n) is 4.93. The summed E-state index contributed by atoms with van der Waals surface area (Å²) in [6.45, 7) is 5.17. The maximum atomic E-state index is 5.39. The largest absolute Gasteiger partial charge is 0.378 e. The van der Waals surface area contributed by atoms with Crippen molar-refractivity contribution in [2.24, 2.45) is 0 Å². The molecule has 2 aromatic heterocycles. The molecule has 1 atom stereocenters.